The molecule has 0 aliphatic carbocycles. The first kappa shape index (κ1) is 22.8. The van der Waals surface area contributed by atoms with Gasteiger partial charge in [-0.25, -0.2) is 4.68 Å². The van der Waals surface area contributed by atoms with Crippen LogP contribution in [0.15, 0.2) is 90.0 Å². The fraction of sp³-hybridized carbons (Fsp3) is 0.0769. The zero-order valence-electron chi connectivity index (χ0n) is 18.5. The van der Waals surface area contributed by atoms with E-state index in [9.17, 15) is 9.59 Å². The van der Waals surface area contributed by atoms with Crippen LogP contribution in [0.4, 0.5) is 5.69 Å². The molecule has 35 heavy (non-hydrogen) atoms. The molecule has 5 rings (SSSR count). The summed E-state index contributed by atoms with van der Waals surface area (Å²) in [5.41, 5.74) is 10.4. The topological polar surface area (TPSA) is 95.8 Å². The van der Waals surface area contributed by atoms with Crippen LogP contribution in [0.25, 0.3) is 22.5 Å². The fourth-order valence-corrected chi connectivity index (χ4v) is 4.78. The van der Waals surface area contributed by atoms with Gasteiger partial charge in [0.25, 0.3) is 5.56 Å². The number of Topliss-reactive ketones (excluding diaryl/α,β-unsaturated/α-hetero) is 1. The van der Waals surface area contributed by atoms with E-state index in [0.29, 0.717) is 33.4 Å². The molecule has 9 heteroatoms. The van der Waals surface area contributed by atoms with Crippen LogP contribution in [0.2, 0.25) is 4.34 Å². The van der Waals surface area contributed by atoms with Crippen molar-refractivity contribution in [2.75, 3.05) is 5.73 Å². The Balaban J connectivity index is 1.48. The molecule has 0 fully saturated rings. The quantitative estimate of drug-likeness (QED) is 0.244. The lowest BCUT2D eigenvalue weighted by Crippen LogP contribution is -2.15. The highest BCUT2D eigenvalue weighted by atomic mass is 35.5. The average Bonchev–Trinajstić information content (AvgIpc) is 3.52. The van der Waals surface area contributed by atoms with Crippen molar-refractivity contribution in [3.63, 3.8) is 0 Å². The van der Waals surface area contributed by atoms with Crippen LogP contribution in [-0.2, 0) is 6.42 Å². The molecule has 0 saturated heterocycles. The second kappa shape index (κ2) is 9.69. The van der Waals surface area contributed by atoms with Gasteiger partial charge < -0.3 is 5.73 Å². The van der Waals surface area contributed by atoms with Crippen molar-refractivity contribution in [3.8, 4) is 22.5 Å². The summed E-state index contributed by atoms with van der Waals surface area (Å²) in [6.45, 7) is 0. The predicted molar refractivity (Wildman–Crippen MR) is 139 cm³/mol. The Labute approximate surface area is 210 Å². The number of carbonyl (C=O) groups excluding carboxylic acids is 1. The highest BCUT2D eigenvalue weighted by Gasteiger charge is 2.14. The zero-order chi connectivity index (χ0) is 24.4. The summed E-state index contributed by atoms with van der Waals surface area (Å²) >= 11 is 7.22. The van der Waals surface area contributed by atoms with E-state index in [1.165, 1.54) is 17.4 Å². The van der Waals surface area contributed by atoms with E-state index in [4.69, 9.17) is 17.3 Å². The molecule has 0 aliphatic heterocycles. The number of nitrogens with two attached hydrogens (primary N) is 1. The number of rotatable bonds is 7. The third kappa shape index (κ3) is 4.94. The Hall–Kier alpha value is -4.01. The monoisotopic (exact) mass is 501 g/mol. The lowest BCUT2D eigenvalue weighted by atomic mass is 10.0. The summed E-state index contributed by atoms with van der Waals surface area (Å²) in [5, 5.41) is 8.58. The summed E-state index contributed by atoms with van der Waals surface area (Å²) in [5.74, 6) is 0.0247. The van der Waals surface area contributed by atoms with Gasteiger partial charge in [0.05, 0.1) is 26.8 Å². The highest BCUT2D eigenvalue weighted by Crippen LogP contribution is 2.30. The van der Waals surface area contributed by atoms with Crippen molar-refractivity contribution in [2.24, 2.45) is 0 Å². The van der Waals surface area contributed by atoms with Gasteiger partial charge in [0, 0.05) is 42.0 Å². The number of nitrogens with zero attached hydrogens (tertiary/aromatic N) is 4. The Kier molecular flexibility index (Phi) is 6.31. The van der Waals surface area contributed by atoms with Crippen molar-refractivity contribution in [2.45, 2.75) is 12.8 Å². The van der Waals surface area contributed by atoms with Gasteiger partial charge >= 0.3 is 0 Å². The number of nitrogen functional groups attached to an aromatic ring is 1. The molecule has 2 aromatic carbocycles. The molecule has 0 atom stereocenters. The van der Waals surface area contributed by atoms with E-state index >= 15 is 0 Å². The minimum atomic E-state index is -0.122. The van der Waals surface area contributed by atoms with Gasteiger partial charge in [-0.1, -0.05) is 35.0 Å². The van der Waals surface area contributed by atoms with Crippen LogP contribution in [0.3, 0.4) is 0 Å². The summed E-state index contributed by atoms with van der Waals surface area (Å²) in [4.78, 5) is 25.5. The molecule has 7 nitrogen and oxygen atoms in total. The first-order chi connectivity index (χ1) is 17.0. The second-order valence-corrected chi connectivity index (χ2v) is 9.63. The molecule has 0 spiro atoms. The van der Waals surface area contributed by atoms with Crippen LogP contribution in [-0.4, -0.2) is 25.3 Å². The van der Waals surface area contributed by atoms with E-state index in [1.807, 2.05) is 54.7 Å². The summed E-state index contributed by atoms with van der Waals surface area (Å²) in [6.07, 6.45) is 4.33. The lowest BCUT2D eigenvalue weighted by Gasteiger charge is -2.13. The molecule has 0 amide bonds. The summed E-state index contributed by atoms with van der Waals surface area (Å²) in [6, 6.07) is 21.7. The van der Waals surface area contributed by atoms with E-state index in [-0.39, 0.29) is 11.3 Å². The number of carbonyl (C=O) groups is 1. The number of hydrogen-bond acceptors (Lipinski definition) is 6. The molecule has 0 aliphatic rings. The molecule has 0 saturated carbocycles. The molecule has 3 aromatic heterocycles. The number of aromatic nitrogens is 4. The van der Waals surface area contributed by atoms with Gasteiger partial charge in [-0.3, -0.25) is 14.2 Å². The van der Waals surface area contributed by atoms with Gasteiger partial charge in [0.15, 0.2) is 5.78 Å². The van der Waals surface area contributed by atoms with Gasteiger partial charge in [0.2, 0.25) is 0 Å². The molecule has 5 aromatic rings. The average molecular weight is 502 g/mol. The first-order valence-corrected chi connectivity index (χ1v) is 12.1. The largest absolute Gasteiger partial charge is 0.399 e. The standard InChI is InChI=1S/C26H20ClN5O2S/c27-25-13-12-24(35-25)23(33)11-8-19-16-32(30-29-19)22-10-9-20(31-14-2-1-3-26(31)34)15-21(22)17-4-6-18(28)7-5-17/h1-7,9-10,12-16H,8,11,28H2. The maximum Gasteiger partial charge on any atom is 0.255 e. The zero-order valence-corrected chi connectivity index (χ0v) is 20.0. The summed E-state index contributed by atoms with van der Waals surface area (Å²) < 4.78 is 3.86. The van der Waals surface area contributed by atoms with Crippen LogP contribution in [0.1, 0.15) is 21.8 Å². The molecule has 3 heterocycles. The third-order valence-electron chi connectivity index (χ3n) is 5.55. The molecule has 174 valence electrons. The number of hydrogen-bond donors (Lipinski definition) is 1. The normalized spacial score (nSPS) is 11.0. The maximum absolute atomic E-state index is 12.4. The van der Waals surface area contributed by atoms with Crippen LogP contribution in [0, 0.1) is 0 Å². The molecule has 0 bridgehead atoms. The highest BCUT2D eigenvalue weighted by molar-refractivity contribution is 7.18. The first-order valence-electron chi connectivity index (χ1n) is 10.9. The van der Waals surface area contributed by atoms with Gasteiger partial charge in [-0.2, -0.15) is 0 Å². The van der Waals surface area contributed by atoms with Crippen LogP contribution >= 0.6 is 22.9 Å². The Bertz CT molecular complexity index is 1570. The van der Waals surface area contributed by atoms with Crippen molar-refractivity contribution in [3.05, 3.63) is 110 Å². The number of benzene rings is 2. The maximum atomic E-state index is 12.4. The Morgan fingerprint density at radius 1 is 1.03 bits per heavy atom. The molecular weight excluding hydrogens is 482 g/mol. The number of ketones is 1. The predicted octanol–water partition coefficient (Wildman–Crippen LogP) is 5.20. The number of halogens is 1. The van der Waals surface area contributed by atoms with E-state index in [1.54, 1.807) is 33.6 Å². The lowest BCUT2D eigenvalue weighted by molar-refractivity contribution is 0.0986. The van der Waals surface area contributed by atoms with Gasteiger partial charge in [0.1, 0.15) is 0 Å². The van der Waals surface area contributed by atoms with E-state index < -0.39 is 0 Å². The van der Waals surface area contributed by atoms with E-state index in [2.05, 4.69) is 10.3 Å². The molecule has 0 unspecified atom stereocenters. The summed E-state index contributed by atoms with van der Waals surface area (Å²) in [7, 11) is 0. The van der Waals surface area contributed by atoms with Crippen molar-refractivity contribution >= 4 is 34.4 Å². The number of pyridine rings is 1. The SMILES string of the molecule is Nc1ccc(-c2cc(-n3ccccc3=O)ccc2-n2cc(CCC(=O)c3ccc(Cl)s3)nn2)cc1. The van der Waals surface area contributed by atoms with Crippen LogP contribution in [0.5, 0.6) is 0 Å². The Morgan fingerprint density at radius 3 is 2.60 bits per heavy atom. The minimum Gasteiger partial charge on any atom is -0.399 e. The number of aryl methyl sites for hydroxylation is 1. The smallest absolute Gasteiger partial charge is 0.255 e. The number of anilines is 1. The minimum absolute atomic E-state index is 0.0247. The van der Waals surface area contributed by atoms with Crippen LogP contribution < -0.4 is 11.3 Å². The number of thiophene rings is 1. The van der Waals surface area contributed by atoms with E-state index in [0.717, 1.165) is 22.5 Å². The van der Waals surface area contributed by atoms with Crippen molar-refractivity contribution in [1.29, 1.82) is 0 Å². The van der Waals surface area contributed by atoms with Crippen molar-refractivity contribution < 1.29 is 4.79 Å². The van der Waals surface area contributed by atoms with Crippen molar-refractivity contribution in [1.82, 2.24) is 19.6 Å². The second-order valence-electron chi connectivity index (χ2n) is 7.91. The molecule has 2 N–H and O–H groups in total. The molecule has 0 radical (unpaired) electrons. The Morgan fingerprint density at radius 2 is 1.86 bits per heavy atom. The van der Waals surface area contributed by atoms with Gasteiger partial charge in [-0.15, -0.1) is 16.4 Å². The van der Waals surface area contributed by atoms with Gasteiger partial charge in [-0.05, 0) is 54.1 Å². The third-order valence-corrected chi connectivity index (χ3v) is 6.82. The molecular formula is C26H20ClN5O2S. The fourth-order valence-electron chi connectivity index (χ4n) is 3.77.